The van der Waals surface area contributed by atoms with Gasteiger partial charge in [0.25, 0.3) is 0 Å². The molecule has 0 saturated carbocycles. The monoisotopic (exact) mass is 265 g/mol. The molecule has 0 aliphatic carbocycles. The van der Waals surface area contributed by atoms with Gasteiger partial charge in [0.2, 0.25) is 0 Å². The van der Waals surface area contributed by atoms with Crippen LogP contribution in [0.5, 0.6) is 0 Å². The van der Waals surface area contributed by atoms with Gasteiger partial charge in [-0.05, 0) is 25.5 Å². The highest BCUT2D eigenvalue weighted by atomic mass is 15.3. The zero-order valence-corrected chi connectivity index (χ0v) is 11.9. The average molecular weight is 265 g/mol. The first-order valence-electron chi connectivity index (χ1n) is 6.74. The van der Waals surface area contributed by atoms with Crippen LogP contribution in [0.3, 0.4) is 0 Å². The van der Waals surface area contributed by atoms with Crippen LogP contribution in [0, 0.1) is 6.92 Å². The Morgan fingerprint density at radius 3 is 2.05 bits per heavy atom. The van der Waals surface area contributed by atoms with Gasteiger partial charge < -0.3 is 0 Å². The van der Waals surface area contributed by atoms with E-state index < -0.39 is 0 Å². The number of aromatic nitrogens is 3. The first-order valence-corrected chi connectivity index (χ1v) is 6.74. The SMILES string of the molecule is CCn1cc(-c2cncc(C)c2)cn1.c1ccccc1. The lowest BCUT2D eigenvalue weighted by Gasteiger charge is -1.97. The van der Waals surface area contributed by atoms with Gasteiger partial charge in [-0.2, -0.15) is 5.10 Å². The number of benzene rings is 1. The molecular formula is C17H19N3. The summed E-state index contributed by atoms with van der Waals surface area (Å²) in [7, 11) is 0. The van der Waals surface area contributed by atoms with E-state index in [1.54, 1.807) is 0 Å². The summed E-state index contributed by atoms with van der Waals surface area (Å²) in [6.45, 7) is 5.02. The minimum absolute atomic E-state index is 0.902. The van der Waals surface area contributed by atoms with E-state index in [0.29, 0.717) is 0 Å². The summed E-state index contributed by atoms with van der Waals surface area (Å²) in [5.74, 6) is 0. The van der Waals surface area contributed by atoms with E-state index in [1.165, 1.54) is 5.56 Å². The fourth-order valence-corrected chi connectivity index (χ4v) is 1.78. The molecule has 3 aromatic rings. The molecule has 0 spiro atoms. The van der Waals surface area contributed by atoms with E-state index in [0.717, 1.165) is 17.7 Å². The van der Waals surface area contributed by atoms with Crippen LogP contribution in [-0.2, 0) is 6.54 Å². The number of pyridine rings is 1. The Hall–Kier alpha value is -2.42. The summed E-state index contributed by atoms with van der Waals surface area (Å²) in [6, 6.07) is 14.1. The van der Waals surface area contributed by atoms with Crippen LogP contribution in [0.15, 0.2) is 67.3 Å². The molecular weight excluding hydrogens is 246 g/mol. The van der Waals surface area contributed by atoms with E-state index in [9.17, 15) is 0 Å². The van der Waals surface area contributed by atoms with Crippen LogP contribution in [0.4, 0.5) is 0 Å². The maximum Gasteiger partial charge on any atom is 0.0568 e. The van der Waals surface area contributed by atoms with Crippen molar-refractivity contribution in [1.29, 1.82) is 0 Å². The van der Waals surface area contributed by atoms with E-state index in [1.807, 2.05) is 72.8 Å². The lowest BCUT2D eigenvalue weighted by molar-refractivity contribution is 0.660. The minimum atomic E-state index is 0.902. The van der Waals surface area contributed by atoms with Gasteiger partial charge in [-0.15, -0.1) is 0 Å². The molecule has 3 rings (SSSR count). The highest BCUT2D eigenvalue weighted by molar-refractivity contribution is 5.61. The summed E-state index contributed by atoms with van der Waals surface area (Å²) in [5.41, 5.74) is 3.43. The molecule has 0 aliphatic rings. The fraction of sp³-hybridized carbons (Fsp3) is 0.176. The Labute approximate surface area is 119 Å². The zero-order chi connectivity index (χ0) is 14.2. The molecule has 0 aliphatic heterocycles. The normalized spacial score (nSPS) is 9.70. The van der Waals surface area contributed by atoms with Gasteiger partial charge in [0.15, 0.2) is 0 Å². The molecule has 1 aromatic carbocycles. The van der Waals surface area contributed by atoms with Gasteiger partial charge in [0.1, 0.15) is 0 Å². The summed E-state index contributed by atoms with van der Waals surface area (Å²) < 4.78 is 1.91. The predicted molar refractivity (Wildman–Crippen MR) is 82.3 cm³/mol. The maximum atomic E-state index is 4.23. The number of aryl methyl sites for hydroxylation is 2. The summed E-state index contributed by atoms with van der Waals surface area (Å²) in [5, 5.41) is 4.23. The topological polar surface area (TPSA) is 30.7 Å². The first kappa shape index (κ1) is 14.0. The fourth-order valence-electron chi connectivity index (χ4n) is 1.78. The van der Waals surface area contributed by atoms with Crippen LogP contribution >= 0.6 is 0 Å². The second-order valence-corrected chi connectivity index (χ2v) is 4.49. The predicted octanol–water partition coefficient (Wildman–Crippen LogP) is 3.96. The highest BCUT2D eigenvalue weighted by Crippen LogP contribution is 2.17. The van der Waals surface area contributed by atoms with Crippen molar-refractivity contribution in [2.24, 2.45) is 0 Å². The molecule has 0 amide bonds. The summed E-state index contributed by atoms with van der Waals surface area (Å²) in [4.78, 5) is 4.16. The molecule has 0 saturated heterocycles. The van der Waals surface area contributed by atoms with Crippen molar-refractivity contribution < 1.29 is 0 Å². The van der Waals surface area contributed by atoms with Crippen molar-refractivity contribution in [1.82, 2.24) is 14.8 Å². The van der Waals surface area contributed by atoms with Gasteiger partial charge >= 0.3 is 0 Å². The number of hydrogen-bond donors (Lipinski definition) is 0. The van der Waals surface area contributed by atoms with Gasteiger partial charge in [-0.1, -0.05) is 36.4 Å². The molecule has 0 atom stereocenters. The highest BCUT2D eigenvalue weighted by Gasteiger charge is 2.00. The third-order valence-electron chi connectivity index (χ3n) is 2.83. The Morgan fingerprint density at radius 2 is 1.55 bits per heavy atom. The number of nitrogens with zero attached hydrogens (tertiary/aromatic N) is 3. The second kappa shape index (κ2) is 7.24. The van der Waals surface area contributed by atoms with Gasteiger partial charge in [-0.25, -0.2) is 0 Å². The van der Waals surface area contributed by atoms with Crippen molar-refractivity contribution in [3.63, 3.8) is 0 Å². The Balaban J connectivity index is 0.000000205. The van der Waals surface area contributed by atoms with Crippen molar-refractivity contribution in [3.8, 4) is 11.1 Å². The summed E-state index contributed by atoms with van der Waals surface area (Å²) in [6.07, 6.45) is 7.63. The van der Waals surface area contributed by atoms with Gasteiger partial charge in [-0.3, -0.25) is 9.67 Å². The second-order valence-electron chi connectivity index (χ2n) is 4.49. The standard InChI is InChI=1S/C11H13N3.C6H6/c1-3-14-8-11(7-13-14)10-4-9(2)5-12-6-10;1-2-4-6-5-3-1/h4-8H,3H2,1-2H3;1-6H. The van der Waals surface area contributed by atoms with Gasteiger partial charge in [0, 0.05) is 36.3 Å². The third kappa shape index (κ3) is 4.05. The maximum absolute atomic E-state index is 4.23. The molecule has 102 valence electrons. The zero-order valence-electron chi connectivity index (χ0n) is 11.9. The molecule has 0 N–H and O–H groups in total. The number of hydrogen-bond acceptors (Lipinski definition) is 2. The van der Waals surface area contributed by atoms with Crippen molar-refractivity contribution in [2.45, 2.75) is 20.4 Å². The van der Waals surface area contributed by atoms with Crippen LogP contribution in [-0.4, -0.2) is 14.8 Å². The van der Waals surface area contributed by atoms with Crippen molar-refractivity contribution in [3.05, 3.63) is 72.8 Å². The minimum Gasteiger partial charge on any atom is -0.272 e. The molecule has 3 nitrogen and oxygen atoms in total. The van der Waals surface area contributed by atoms with Gasteiger partial charge in [0.05, 0.1) is 6.20 Å². The van der Waals surface area contributed by atoms with E-state index >= 15 is 0 Å². The van der Waals surface area contributed by atoms with E-state index in [-0.39, 0.29) is 0 Å². The van der Waals surface area contributed by atoms with E-state index in [2.05, 4.69) is 23.1 Å². The van der Waals surface area contributed by atoms with Crippen molar-refractivity contribution >= 4 is 0 Å². The number of rotatable bonds is 2. The van der Waals surface area contributed by atoms with Crippen LogP contribution in [0.25, 0.3) is 11.1 Å². The molecule has 0 fully saturated rings. The Kier molecular flexibility index (Phi) is 5.07. The Bertz CT molecular complexity index is 603. The molecule has 0 radical (unpaired) electrons. The van der Waals surface area contributed by atoms with Crippen LogP contribution < -0.4 is 0 Å². The smallest absolute Gasteiger partial charge is 0.0568 e. The largest absolute Gasteiger partial charge is 0.272 e. The van der Waals surface area contributed by atoms with E-state index in [4.69, 9.17) is 0 Å². The van der Waals surface area contributed by atoms with Crippen LogP contribution in [0.1, 0.15) is 12.5 Å². The molecule has 0 bridgehead atoms. The summed E-state index contributed by atoms with van der Waals surface area (Å²) >= 11 is 0. The third-order valence-corrected chi connectivity index (χ3v) is 2.83. The van der Waals surface area contributed by atoms with Crippen LogP contribution in [0.2, 0.25) is 0 Å². The van der Waals surface area contributed by atoms with Crippen molar-refractivity contribution in [2.75, 3.05) is 0 Å². The average Bonchev–Trinajstić information content (AvgIpc) is 2.99. The molecule has 0 unspecified atom stereocenters. The lowest BCUT2D eigenvalue weighted by atomic mass is 10.1. The quantitative estimate of drug-likeness (QED) is 0.702. The molecule has 2 aromatic heterocycles. The lowest BCUT2D eigenvalue weighted by Crippen LogP contribution is -1.92. The molecule has 20 heavy (non-hydrogen) atoms. The first-order chi connectivity index (χ1) is 9.79. The molecule has 3 heteroatoms. The Morgan fingerprint density at radius 1 is 0.900 bits per heavy atom. The molecule has 2 heterocycles.